The summed E-state index contributed by atoms with van der Waals surface area (Å²) in [7, 11) is 0. The van der Waals surface area contributed by atoms with Crippen LogP contribution in [-0.2, 0) is 12.7 Å². The molecule has 0 bridgehead atoms. The summed E-state index contributed by atoms with van der Waals surface area (Å²) in [5, 5.41) is 0. The lowest BCUT2D eigenvalue weighted by Crippen LogP contribution is -2.07. The van der Waals surface area contributed by atoms with Crippen molar-refractivity contribution < 1.29 is 17.6 Å². The fraction of sp³-hybridized carbons (Fsp3) is 0.143. The van der Waals surface area contributed by atoms with Crippen molar-refractivity contribution in [1.82, 2.24) is 14.4 Å². The van der Waals surface area contributed by atoms with Crippen molar-refractivity contribution in [3.63, 3.8) is 0 Å². The Bertz CT molecular complexity index is 838. The van der Waals surface area contributed by atoms with Gasteiger partial charge in [0.2, 0.25) is 0 Å². The van der Waals surface area contributed by atoms with E-state index in [2.05, 4.69) is 9.97 Å². The first-order chi connectivity index (χ1) is 10.4. The molecule has 0 spiro atoms. The smallest absolute Gasteiger partial charge is 0.325 e. The topological polar surface area (TPSA) is 56.2 Å². The Morgan fingerprint density at radius 3 is 2.64 bits per heavy atom. The van der Waals surface area contributed by atoms with Crippen molar-refractivity contribution in [3.8, 4) is 11.3 Å². The molecule has 0 amide bonds. The molecule has 0 fully saturated rings. The molecule has 0 aliphatic heterocycles. The van der Waals surface area contributed by atoms with Crippen LogP contribution in [0, 0.1) is 5.82 Å². The Morgan fingerprint density at radius 2 is 2.00 bits per heavy atom. The highest BCUT2D eigenvalue weighted by Crippen LogP contribution is 2.33. The maximum absolute atomic E-state index is 14.1. The second-order valence-corrected chi connectivity index (χ2v) is 4.64. The number of imidazole rings is 1. The third-order valence-electron chi connectivity index (χ3n) is 3.18. The van der Waals surface area contributed by atoms with E-state index in [1.54, 1.807) is 16.8 Å². The fourth-order valence-electron chi connectivity index (χ4n) is 2.15. The summed E-state index contributed by atoms with van der Waals surface area (Å²) in [6, 6.07) is 2.32. The quantitative estimate of drug-likeness (QED) is 0.740. The second kappa shape index (κ2) is 5.06. The second-order valence-electron chi connectivity index (χ2n) is 4.64. The first-order valence-electron chi connectivity index (χ1n) is 6.30. The summed E-state index contributed by atoms with van der Waals surface area (Å²) in [6.45, 7) is 0.114. The third kappa shape index (κ3) is 2.41. The van der Waals surface area contributed by atoms with Crippen molar-refractivity contribution in [1.29, 1.82) is 0 Å². The number of fused-ring (bicyclic) bond motifs is 1. The van der Waals surface area contributed by atoms with Crippen molar-refractivity contribution in [3.05, 3.63) is 53.9 Å². The highest BCUT2D eigenvalue weighted by atomic mass is 19.4. The van der Waals surface area contributed by atoms with Gasteiger partial charge in [-0.1, -0.05) is 0 Å². The van der Waals surface area contributed by atoms with Gasteiger partial charge in [0.1, 0.15) is 11.5 Å². The predicted octanol–water partition coefficient (Wildman–Crippen LogP) is 3.01. The lowest BCUT2D eigenvalue weighted by atomic mass is 10.1. The minimum absolute atomic E-state index is 0.0560. The monoisotopic (exact) mass is 310 g/mol. The number of halogens is 4. The molecule has 2 heterocycles. The molecular weight excluding hydrogens is 300 g/mol. The number of hydrogen-bond donors (Lipinski definition) is 1. The van der Waals surface area contributed by atoms with E-state index < -0.39 is 17.6 Å². The number of nitrogens with two attached hydrogens (primary N) is 1. The van der Waals surface area contributed by atoms with Crippen LogP contribution in [0.2, 0.25) is 0 Å². The molecule has 0 radical (unpaired) electrons. The summed E-state index contributed by atoms with van der Waals surface area (Å²) in [4.78, 5) is 8.24. The van der Waals surface area contributed by atoms with E-state index in [1.165, 1.54) is 6.20 Å². The zero-order chi connectivity index (χ0) is 15.9. The van der Waals surface area contributed by atoms with E-state index >= 15 is 0 Å². The molecule has 0 aliphatic rings. The highest BCUT2D eigenvalue weighted by molar-refractivity contribution is 5.74. The van der Waals surface area contributed by atoms with E-state index in [9.17, 15) is 17.6 Å². The first-order valence-corrected chi connectivity index (χ1v) is 6.30. The lowest BCUT2D eigenvalue weighted by molar-refractivity contribution is -0.137. The molecule has 2 N–H and O–H groups in total. The van der Waals surface area contributed by atoms with Crippen LogP contribution in [0.1, 0.15) is 11.3 Å². The van der Waals surface area contributed by atoms with Crippen LogP contribution in [0.25, 0.3) is 16.9 Å². The maximum Gasteiger partial charge on any atom is 0.416 e. The Labute approximate surface area is 122 Å². The molecule has 3 aromatic rings. The SMILES string of the molecule is NCc1cn2ccnc2c(-c2ccc(C(F)(F)F)cc2F)n1. The average molecular weight is 310 g/mol. The molecule has 0 saturated carbocycles. The number of hydrogen-bond acceptors (Lipinski definition) is 3. The molecule has 2 aromatic heterocycles. The fourth-order valence-corrected chi connectivity index (χ4v) is 2.15. The zero-order valence-electron chi connectivity index (χ0n) is 11.1. The summed E-state index contributed by atoms with van der Waals surface area (Å²) < 4.78 is 53.6. The number of aromatic nitrogens is 3. The molecule has 0 aliphatic carbocycles. The molecule has 22 heavy (non-hydrogen) atoms. The highest BCUT2D eigenvalue weighted by Gasteiger charge is 2.31. The van der Waals surface area contributed by atoms with Crippen molar-refractivity contribution in [2.24, 2.45) is 5.73 Å². The number of alkyl halides is 3. The first kappa shape index (κ1) is 14.5. The van der Waals surface area contributed by atoms with Crippen molar-refractivity contribution in [2.45, 2.75) is 12.7 Å². The van der Waals surface area contributed by atoms with E-state index in [0.29, 0.717) is 17.4 Å². The molecule has 4 nitrogen and oxygen atoms in total. The zero-order valence-corrected chi connectivity index (χ0v) is 11.1. The molecular formula is C14H10F4N4. The minimum atomic E-state index is -4.60. The van der Waals surface area contributed by atoms with Gasteiger partial charge in [-0.2, -0.15) is 13.2 Å². The molecule has 1 aromatic carbocycles. The Kier molecular flexibility index (Phi) is 3.32. The van der Waals surface area contributed by atoms with E-state index in [1.807, 2.05) is 0 Å². The number of rotatable bonds is 2. The van der Waals surface area contributed by atoms with Gasteiger partial charge in [-0.3, -0.25) is 0 Å². The van der Waals surface area contributed by atoms with E-state index in [0.717, 1.165) is 12.1 Å². The van der Waals surface area contributed by atoms with Gasteiger partial charge in [0, 0.05) is 30.7 Å². The minimum Gasteiger partial charge on any atom is -0.325 e. The van der Waals surface area contributed by atoms with Gasteiger partial charge in [-0.15, -0.1) is 0 Å². The van der Waals surface area contributed by atoms with E-state index in [4.69, 9.17) is 5.73 Å². The van der Waals surface area contributed by atoms with Crippen LogP contribution in [0.5, 0.6) is 0 Å². The molecule has 114 valence electrons. The summed E-state index contributed by atoms with van der Waals surface area (Å²) in [5.41, 5.74) is 5.40. The normalized spacial score (nSPS) is 12.0. The van der Waals surface area contributed by atoms with Gasteiger partial charge in [0.15, 0.2) is 5.65 Å². The van der Waals surface area contributed by atoms with Gasteiger partial charge in [-0.25, -0.2) is 14.4 Å². The molecule has 8 heteroatoms. The van der Waals surface area contributed by atoms with Crippen molar-refractivity contribution >= 4 is 5.65 Å². The Balaban J connectivity index is 2.21. The van der Waals surface area contributed by atoms with Gasteiger partial charge in [-0.05, 0) is 18.2 Å². The van der Waals surface area contributed by atoms with E-state index in [-0.39, 0.29) is 17.8 Å². The predicted molar refractivity (Wildman–Crippen MR) is 71.3 cm³/mol. The summed E-state index contributed by atoms with van der Waals surface area (Å²) in [5.74, 6) is -1.01. The average Bonchev–Trinajstić information content (AvgIpc) is 2.93. The van der Waals surface area contributed by atoms with Crippen LogP contribution >= 0.6 is 0 Å². The van der Waals surface area contributed by atoms with Crippen molar-refractivity contribution in [2.75, 3.05) is 0 Å². The molecule has 0 atom stereocenters. The summed E-state index contributed by atoms with van der Waals surface area (Å²) >= 11 is 0. The van der Waals surface area contributed by atoms with Crippen LogP contribution in [0.4, 0.5) is 17.6 Å². The van der Waals surface area contributed by atoms with Gasteiger partial charge in [0.25, 0.3) is 0 Å². The molecule has 3 rings (SSSR count). The summed E-state index contributed by atoms with van der Waals surface area (Å²) in [6.07, 6.45) is 0.146. The Morgan fingerprint density at radius 1 is 1.23 bits per heavy atom. The van der Waals surface area contributed by atoms with Crippen LogP contribution < -0.4 is 5.73 Å². The Hall–Kier alpha value is -2.48. The lowest BCUT2D eigenvalue weighted by Gasteiger charge is -2.10. The maximum atomic E-state index is 14.1. The van der Waals surface area contributed by atoms with Crippen LogP contribution in [0.3, 0.4) is 0 Å². The van der Waals surface area contributed by atoms with Crippen LogP contribution in [-0.4, -0.2) is 14.4 Å². The number of benzene rings is 1. The molecule has 0 unspecified atom stereocenters. The largest absolute Gasteiger partial charge is 0.416 e. The number of nitrogens with zero attached hydrogens (tertiary/aromatic N) is 3. The van der Waals surface area contributed by atoms with Gasteiger partial charge >= 0.3 is 6.18 Å². The van der Waals surface area contributed by atoms with Gasteiger partial charge in [0.05, 0.1) is 11.3 Å². The van der Waals surface area contributed by atoms with Gasteiger partial charge < -0.3 is 10.1 Å². The third-order valence-corrected chi connectivity index (χ3v) is 3.18. The van der Waals surface area contributed by atoms with Crippen LogP contribution in [0.15, 0.2) is 36.8 Å². The molecule has 0 saturated heterocycles. The standard InChI is InChI=1S/C14H10F4N4/c15-11-5-8(14(16,17)18)1-2-10(11)12-13-20-3-4-22(13)7-9(6-19)21-12/h1-5,7H,6,19H2.